The second-order valence-electron chi connectivity index (χ2n) is 4.66. The first kappa shape index (κ1) is 13.9. The van der Waals surface area contributed by atoms with Crippen molar-refractivity contribution in [1.29, 1.82) is 0 Å². The summed E-state index contributed by atoms with van der Waals surface area (Å²) in [5.74, 6) is 1.04. The molecule has 0 radical (unpaired) electrons. The van der Waals surface area contributed by atoms with E-state index in [2.05, 4.69) is 31.2 Å². The lowest BCUT2D eigenvalue weighted by Crippen LogP contribution is -2.24. The first-order chi connectivity index (χ1) is 10.2. The number of nitrogens with zero attached hydrogens (tertiary/aromatic N) is 1. The standard InChI is InChI=1S/C15H14BrN3O2/c16-13-8-7-12(21-13)15(20)17-9-3-6-14-18-10-4-1-2-5-11(10)19-14/h1-2,4-5,7-8H,3,6,9H2,(H,17,20)(H,18,19). The molecule has 0 aliphatic rings. The minimum absolute atomic E-state index is 0.203. The van der Waals surface area contributed by atoms with Gasteiger partial charge < -0.3 is 14.7 Å². The summed E-state index contributed by atoms with van der Waals surface area (Å²) in [6.07, 6.45) is 1.60. The zero-order chi connectivity index (χ0) is 14.7. The van der Waals surface area contributed by atoms with Crippen LogP contribution in [0.15, 0.2) is 45.5 Å². The Morgan fingerprint density at radius 3 is 2.90 bits per heavy atom. The average Bonchev–Trinajstić information content (AvgIpc) is 3.09. The third-order valence-electron chi connectivity index (χ3n) is 3.11. The van der Waals surface area contributed by atoms with E-state index in [-0.39, 0.29) is 5.91 Å². The van der Waals surface area contributed by atoms with E-state index >= 15 is 0 Å². The molecule has 2 heterocycles. The molecule has 2 aromatic heterocycles. The van der Waals surface area contributed by atoms with Crippen LogP contribution in [-0.4, -0.2) is 22.4 Å². The topological polar surface area (TPSA) is 70.9 Å². The minimum Gasteiger partial charge on any atom is -0.444 e. The SMILES string of the molecule is O=C(NCCCc1nc2ccccc2[nH]1)c1ccc(Br)o1. The van der Waals surface area contributed by atoms with E-state index in [1.54, 1.807) is 12.1 Å². The highest BCUT2D eigenvalue weighted by Gasteiger charge is 2.09. The number of H-pyrrole nitrogens is 1. The second kappa shape index (κ2) is 6.13. The molecule has 0 saturated heterocycles. The van der Waals surface area contributed by atoms with Gasteiger partial charge in [-0.1, -0.05) is 12.1 Å². The molecule has 108 valence electrons. The number of carbonyl (C=O) groups excluding carboxylic acids is 1. The lowest BCUT2D eigenvalue weighted by atomic mass is 10.3. The average molecular weight is 348 g/mol. The maximum absolute atomic E-state index is 11.8. The van der Waals surface area contributed by atoms with E-state index in [1.807, 2.05) is 24.3 Å². The van der Waals surface area contributed by atoms with Gasteiger partial charge in [0.05, 0.1) is 11.0 Å². The van der Waals surface area contributed by atoms with Gasteiger partial charge in [-0.2, -0.15) is 0 Å². The Balaban J connectivity index is 1.49. The molecule has 0 atom stereocenters. The zero-order valence-corrected chi connectivity index (χ0v) is 12.8. The molecule has 0 aliphatic carbocycles. The van der Waals surface area contributed by atoms with Crippen LogP contribution in [0.25, 0.3) is 11.0 Å². The molecule has 0 fully saturated rings. The predicted molar refractivity (Wildman–Crippen MR) is 83.2 cm³/mol. The van der Waals surface area contributed by atoms with Gasteiger partial charge in [-0.05, 0) is 46.6 Å². The van der Waals surface area contributed by atoms with Gasteiger partial charge in [-0.15, -0.1) is 0 Å². The fourth-order valence-electron chi connectivity index (χ4n) is 2.11. The van der Waals surface area contributed by atoms with Crippen molar-refractivity contribution < 1.29 is 9.21 Å². The predicted octanol–water partition coefficient (Wildman–Crippen LogP) is 3.28. The molecule has 5 nitrogen and oxygen atoms in total. The Hall–Kier alpha value is -2.08. The van der Waals surface area contributed by atoms with Gasteiger partial charge >= 0.3 is 0 Å². The number of carbonyl (C=O) groups is 1. The second-order valence-corrected chi connectivity index (χ2v) is 5.45. The molecule has 0 saturated carbocycles. The number of imidazole rings is 1. The molecule has 1 aromatic carbocycles. The highest BCUT2D eigenvalue weighted by molar-refractivity contribution is 9.10. The Labute approximate surface area is 129 Å². The number of rotatable bonds is 5. The molecular weight excluding hydrogens is 334 g/mol. The zero-order valence-electron chi connectivity index (χ0n) is 11.2. The fraction of sp³-hybridized carbons (Fsp3) is 0.200. The number of aromatic amines is 1. The molecule has 0 bridgehead atoms. The van der Waals surface area contributed by atoms with Gasteiger partial charge in [0, 0.05) is 13.0 Å². The highest BCUT2D eigenvalue weighted by atomic mass is 79.9. The van der Waals surface area contributed by atoms with Crippen molar-refractivity contribution >= 4 is 32.9 Å². The van der Waals surface area contributed by atoms with Crippen LogP contribution in [-0.2, 0) is 6.42 Å². The van der Waals surface area contributed by atoms with Crippen LogP contribution in [0.5, 0.6) is 0 Å². The number of fused-ring (bicyclic) bond motifs is 1. The molecule has 0 unspecified atom stereocenters. The van der Waals surface area contributed by atoms with E-state index in [0.29, 0.717) is 17.0 Å². The summed E-state index contributed by atoms with van der Waals surface area (Å²) in [4.78, 5) is 19.5. The van der Waals surface area contributed by atoms with Crippen LogP contribution in [0.1, 0.15) is 22.8 Å². The van der Waals surface area contributed by atoms with Crippen LogP contribution in [0.3, 0.4) is 0 Å². The van der Waals surface area contributed by atoms with Crippen LogP contribution in [0, 0.1) is 0 Å². The van der Waals surface area contributed by atoms with Crippen LogP contribution < -0.4 is 5.32 Å². The van der Waals surface area contributed by atoms with E-state index in [1.165, 1.54) is 0 Å². The van der Waals surface area contributed by atoms with E-state index < -0.39 is 0 Å². The van der Waals surface area contributed by atoms with Crippen molar-refractivity contribution in [2.24, 2.45) is 0 Å². The number of hydrogen-bond donors (Lipinski definition) is 2. The molecule has 3 aromatic rings. The lowest BCUT2D eigenvalue weighted by molar-refractivity contribution is 0.0924. The number of amides is 1. The summed E-state index contributed by atoms with van der Waals surface area (Å²) in [5.41, 5.74) is 2.01. The summed E-state index contributed by atoms with van der Waals surface area (Å²) >= 11 is 3.17. The summed E-state index contributed by atoms with van der Waals surface area (Å²) in [5, 5.41) is 2.82. The Kier molecular flexibility index (Phi) is 4.06. The van der Waals surface area contributed by atoms with E-state index in [9.17, 15) is 4.79 Å². The van der Waals surface area contributed by atoms with Crippen molar-refractivity contribution in [2.75, 3.05) is 6.54 Å². The number of furan rings is 1. The quantitative estimate of drug-likeness (QED) is 0.695. The van der Waals surface area contributed by atoms with E-state index in [0.717, 1.165) is 29.7 Å². The normalized spacial score (nSPS) is 10.9. The third-order valence-corrected chi connectivity index (χ3v) is 3.54. The van der Waals surface area contributed by atoms with Gasteiger partial charge in [0.25, 0.3) is 5.91 Å². The third kappa shape index (κ3) is 3.33. The Bertz CT molecular complexity index is 730. The van der Waals surface area contributed by atoms with Gasteiger partial charge in [-0.3, -0.25) is 4.79 Å². The number of para-hydroxylation sites is 2. The Morgan fingerprint density at radius 1 is 1.29 bits per heavy atom. The molecule has 0 aliphatic heterocycles. The maximum atomic E-state index is 11.8. The Morgan fingerprint density at radius 2 is 2.14 bits per heavy atom. The fourth-order valence-corrected chi connectivity index (χ4v) is 2.41. The molecule has 21 heavy (non-hydrogen) atoms. The number of aryl methyl sites for hydroxylation is 1. The van der Waals surface area contributed by atoms with Gasteiger partial charge in [0.2, 0.25) is 0 Å². The number of nitrogens with one attached hydrogen (secondary N) is 2. The highest BCUT2D eigenvalue weighted by Crippen LogP contribution is 2.14. The summed E-state index contributed by atoms with van der Waals surface area (Å²) in [6, 6.07) is 11.3. The summed E-state index contributed by atoms with van der Waals surface area (Å²) < 4.78 is 5.74. The van der Waals surface area contributed by atoms with Gasteiger partial charge in [0.15, 0.2) is 10.4 Å². The summed E-state index contributed by atoms with van der Waals surface area (Å²) in [7, 11) is 0. The van der Waals surface area contributed by atoms with Crippen molar-refractivity contribution in [3.05, 3.63) is 52.7 Å². The number of aromatic nitrogens is 2. The number of benzene rings is 1. The molecule has 3 rings (SSSR count). The molecular formula is C15H14BrN3O2. The number of hydrogen-bond acceptors (Lipinski definition) is 3. The monoisotopic (exact) mass is 347 g/mol. The lowest BCUT2D eigenvalue weighted by Gasteiger charge is -2.01. The van der Waals surface area contributed by atoms with Crippen molar-refractivity contribution in [1.82, 2.24) is 15.3 Å². The number of halogens is 1. The molecule has 6 heteroatoms. The maximum Gasteiger partial charge on any atom is 0.287 e. The van der Waals surface area contributed by atoms with Crippen LogP contribution in [0.4, 0.5) is 0 Å². The first-order valence-corrected chi connectivity index (χ1v) is 7.49. The van der Waals surface area contributed by atoms with Crippen molar-refractivity contribution in [3.8, 4) is 0 Å². The molecule has 2 N–H and O–H groups in total. The minimum atomic E-state index is -0.203. The van der Waals surface area contributed by atoms with Crippen LogP contribution in [0.2, 0.25) is 0 Å². The van der Waals surface area contributed by atoms with E-state index in [4.69, 9.17) is 4.42 Å². The summed E-state index contributed by atoms with van der Waals surface area (Å²) in [6.45, 7) is 0.578. The van der Waals surface area contributed by atoms with Crippen molar-refractivity contribution in [2.45, 2.75) is 12.8 Å². The van der Waals surface area contributed by atoms with Gasteiger partial charge in [-0.25, -0.2) is 4.98 Å². The van der Waals surface area contributed by atoms with Crippen LogP contribution >= 0.6 is 15.9 Å². The first-order valence-electron chi connectivity index (χ1n) is 6.69. The largest absolute Gasteiger partial charge is 0.444 e. The smallest absolute Gasteiger partial charge is 0.287 e. The molecule has 1 amide bonds. The molecule has 0 spiro atoms. The van der Waals surface area contributed by atoms with Crippen molar-refractivity contribution in [3.63, 3.8) is 0 Å². The van der Waals surface area contributed by atoms with Gasteiger partial charge in [0.1, 0.15) is 5.82 Å².